The Hall–Kier alpha value is -0.530. The SMILES string of the molecule is C#CCC(CC)NCCCS(C)(=O)=O. The molecule has 0 aliphatic heterocycles. The third-order valence-electron chi connectivity index (χ3n) is 1.98. The van der Waals surface area contributed by atoms with Crippen molar-refractivity contribution in [1.82, 2.24) is 5.32 Å². The fraction of sp³-hybridized carbons (Fsp3) is 0.800. The molecular formula is C10H19NO2S. The molecule has 4 heteroatoms. The lowest BCUT2D eigenvalue weighted by molar-refractivity contribution is 0.505. The number of sulfone groups is 1. The van der Waals surface area contributed by atoms with Crippen LogP contribution in [0.2, 0.25) is 0 Å². The molecule has 0 radical (unpaired) electrons. The molecule has 14 heavy (non-hydrogen) atoms. The van der Waals surface area contributed by atoms with E-state index in [-0.39, 0.29) is 5.75 Å². The first-order valence-electron chi connectivity index (χ1n) is 4.84. The summed E-state index contributed by atoms with van der Waals surface area (Å²) in [6, 6.07) is 0.319. The van der Waals surface area contributed by atoms with Gasteiger partial charge in [0.1, 0.15) is 9.84 Å². The molecule has 0 fully saturated rings. The molecule has 0 rings (SSSR count). The number of rotatable bonds is 7. The van der Waals surface area contributed by atoms with Gasteiger partial charge in [0, 0.05) is 18.7 Å². The van der Waals surface area contributed by atoms with E-state index in [9.17, 15) is 8.42 Å². The van der Waals surface area contributed by atoms with Crippen LogP contribution in [0.4, 0.5) is 0 Å². The maximum atomic E-state index is 10.8. The molecular weight excluding hydrogens is 198 g/mol. The Labute approximate surface area is 87.2 Å². The second-order valence-electron chi connectivity index (χ2n) is 3.45. The molecule has 1 N–H and O–H groups in total. The van der Waals surface area contributed by atoms with Gasteiger partial charge in [0.25, 0.3) is 0 Å². The van der Waals surface area contributed by atoms with E-state index in [4.69, 9.17) is 6.42 Å². The van der Waals surface area contributed by atoms with Gasteiger partial charge in [-0.15, -0.1) is 12.3 Å². The zero-order chi connectivity index (χ0) is 11.0. The zero-order valence-electron chi connectivity index (χ0n) is 8.91. The van der Waals surface area contributed by atoms with Gasteiger partial charge >= 0.3 is 0 Å². The Bertz CT molecular complexity index is 277. The minimum atomic E-state index is -2.82. The van der Waals surface area contributed by atoms with E-state index in [0.29, 0.717) is 25.4 Å². The smallest absolute Gasteiger partial charge is 0.147 e. The molecule has 0 spiro atoms. The van der Waals surface area contributed by atoms with Gasteiger partial charge in [-0.25, -0.2) is 8.42 Å². The maximum absolute atomic E-state index is 10.8. The molecule has 3 nitrogen and oxygen atoms in total. The lowest BCUT2D eigenvalue weighted by Gasteiger charge is -2.13. The Kier molecular flexibility index (Phi) is 6.60. The summed E-state index contributed by atoms with van der Waals surface area (Å²) in [7, 11) is -2.82. The molecule has 0 saturated heterocycles. The molecule has 0 aliphatic rings. The summed E-state index contributed by atoms with van der Waals surface area (Å²) in [6.45, 7) is 2.78. The number of nitrogens with one attached hydrogen (secondary N) is 1. The van der Waals surface area contributed by atoms with Crippen LogP contribution >= 0.6 is 0 Å². The summed E-state index contributed by atoms with van der Waals surface area (Å²) in [5.41, 5.74) is 0. The molecule has 0 heterocycles. The van der Waals surface area contributed by atoms with Gasteiger partial charge in [-0.3, -0.25) is 0 Å². The van der Waals surface area contributed by atoms with Crippen molar-refractivity contribution >= 4 is 9.84 Å². The molecule has 0 saturated carbocycles. The second kappa shape index (κ2) is 6.86. The molecule has 0 bridgehead atoms. The zero-order valence-corrected chi connectivity index (χ0v) is 9.73. The Morgan fingerprint density at radius 1 is 1.50 bits per heavy atom. The molecule has 0 aromatic heterocycles. The van der Waals surface area contributed by atoms with Gasteiger partial charge in [0.2, 0.25) is 0 Å². The van der Waals surface area contributed by atoms with Gasteiger partial charge < -0.3 is 5.32 Å². The highest BCUT2D eigenvalue weighted by molar-refractivity contribution is 7.90. The second-order valence-corrected chi connectivity index (χ2v) is 5.71. The minimum absolute atomic E-state index is 0.243. The van der Waals surface area contributed by atoms with Crippen molar-refractivity contribution in [3.8, 4) is 12.3 Å². The predicted molar refractivity (Wildman–Crippen MR) is 59.9 cm³/mol. The van der Waals surface area contributed by atoms with Crippen molar-refractivity contribution in [1.29, 1.82) is 0 Å². The first-order valence-corrected chi connectivity index (χ1v) is 6.90. The van der Waals surface area contributed by atoms with Gasteiger partial charge in [-0.1, -0.05) is 6.92 Å². The lowest BCUT2D eigenvalue weighted by atomic mass is 10.1. The highest BCUT2D eigenvalue weighted by Gasteiger charge is 2.04. The van der Waals surface area contributed by atoms with Crippen LogP contribution in [0.25, 0.3) is 0 Å². The lowest BCUT2D eigenvalue weighted by Crippen LogP contribution is -2.29. The monoisotopic (exact) mass is 217 g/mol. The van der Waals surface area contributed by atoms with Gasteiger partial charge in [0.15, 0.2) is 0 Å². The van der Waals surface area contributed by atoms with Gasteiger partial charge in [-0.05, 0) is 19.4 Å². The molecule has 0 aromatic carbocycles. The normalized spacial score (nSPS) is 13.5. The molecule has 0 aliphatic carbocycles. The van der Waals surface area contributed by atoms with Crippen LogP contribution < -0.4 is 5.32 Å². The van der Waals surface area contributed by atoms with Crippen molar-refractivity contribution < 1.29 is 8.42 Å². The fourth-order valence-corrected chi connectivity index (χ4v) is 1.81. The summed E-state index contributed by atoms with van der Waals surface area (Å²) in [4.78, 5) is 0. The summed E-state index contributed by atoms with van der Waals surface area (Å²) in [6.07, 6.45) is 8.78. The highest BCUT2D eigenvalue weighted by Crippen LogP contribution is 1.96. The average Bonchev–Trinajstić information content (AvgIpc) is 2.08. The van der Waals surface area contributed by atoms with Crippen LogP contribution in [0.1, 0.15) is 26.2 Å². The van der Waals surface area contributed by atoms with Crippen molar-refractivity contribution in [3.05, 3.63) is 0 Å². The van der Waals surface area contributed by atoms with Crippen LogP contribution in [0.5, 0.6) is 0 Å². The molecule has 0 amide bonds. The number of hydrogen-bond acceptors (Lipinski definition) is 3. The van der Waals surface area contributed by atoms with Crippen molar-refractivity contribution in [3.63, 3.8) is 0 Å². The van der Waals surface area contributed by atoms with E-state index in [1.165, 1.54) is 6.26 Å². The number of hydrogen-bond donors (Lipinski definition) is 1. The van der Waals surface area contributed by atoms with Gasteiger partial charge in [0.05, 0.1) is 5.75 Å². The molecule has 0 aromatic rings. The molecule has 1 unspecified atom stereocenters. The van der Waals surface area contributed by atoms with Crippen LogP contribution in [0, 0.1) is 12.3 Å². The van der Waals surface area contributed by atoms with Crippen LogP contribution in [-0.4, -0.2) is 33.0 Å². The van der Waals surface area contributed by atoms with Gasteiger partial charge in [-0.2, -0.15) is 0 Å². The largest absolute Gasteiger partial charge is 0.313 e. The average molecular weight is 217 g/mol. The van der Waals surface area contributed by atoms with E-state index in [1.807, 2.05) is 0 Å². The van der Waals surface area contributed by atoms with Crippen molar-refractivity contribution in [2.24, 2.45) is 0 Å². The Morgan fingerprint density at radius 3 is 2.57 bits per heavy atom. The minimum Gasteiger partial charge on any atom is -0.313 e. The van der Waals surface area contributed by atoms with E-state index in [1.54, 1.807) is 0 Å². The van der Waals surface area contributed by atoms with Crippen molar-refractivity contribution in [2.75, 3.05) is 18.6 Å². The summed E-state index contributed by atoms with van der Waals surface area (Å²) in [5.74, 6) is 2.84. The first kappa shape index (κ1) is 13.5. The Morgan fingerprint density at radius 2 is 2.14 bits per heavy atom. The van der Waals surface area contributed by atoms with Crippen LogP contribution in [0.15, 0.2) is 0 Å². The third kappa shape index (κ3) is 8.09. The summed E-state index contributed by atoms with van der Waals surface area (Å²) < 4.78 is 21.6. The Balaban J connectivity index is 3.58. The summed E-state index contributed by atoms with van der Waals surface area (Å²) >= 11 is 0. The van der Waals surface area contributed by atoms with E-state index in [2.05, 4.69) is 18.2 Å². The first-order chi connectivity index (χ1) is 6.49. The topological polar surface area (TPSA) is 46.2 Å². The van der Waals surface area contributed by atoms with E-state index < -0.39 is 9.84 Å². The highest BCUT2D eigenvalue weighted by atomic mass is 32.2. The third-order valence-corrected chi connectivity index (χ3v) is 3.01. The van der Waals surface area contributed by atoms with Crippen LogP contribution in [-0.2, 0) is 9.84 Å². The standard InChI is InChI=1S/C10H19NO2S/c1-4-7-10(5-2)11-8-6-9-14(3,12)13/h1,10-11H,5-9H2,2-3H3. The predicted octanol–water partition coefficient (Wildman–Crippen LogP) is 0.813. The number of terminal acetylenes is 1. The van der Waals surface area contributed by atoms with E-state index >= 15 is 0 Å². The fourth-order valence-electron chi connectivity index (χ4n) is 1.14. The molecule has 1 atom stereocenters. The molecule has 82 valence electrons. The van der Waals surface area contributed by atoms with Crippen LogP contribution in [0.3, 0.4) is 0 Å². The maximum Gasteiger partial charge on any atom is 0.147 e. The van der Waals surface area contributed by atoms with Crippen molar-refractivity contribution in [2.45, 2.75) is 32.2 Å². The quantitative estimate of drug-likeness (QED) is 0.507. The summed E-state index contributed by atoms with van der Waals surface area (Å²) in [5, 5.41) is 3.24. The van der Waals surface area contributed by atoms with E-state index in [0.717, 1.165) is 6.42 Å².